The Labute approximate surface area is 212 Å². The minimum Gasteiger partial charge on any atom is -0.342 e. The van der Waals surface area contributed by atoms with Gasteiger partial charge in [-0.25, -0.2) is 0 Å². The zero-order valence-corrected chi connectivity index (χ0v) is 21.0. The van der Waals surface area contributed by atoms with Gasteiger partial charge in [0.25, 0.3) is 5.91 Å². The first kappa shape index (κ1) is 27.7. The van der Waals surface area contributed by atoms with Crippen LogP contribution in [0.15, 0.2) is 40.9 Å². The van der Waals surface area contributed by atoms with Crippen LogP contribution < -0.4 is 11.1 Å². The maximum atomic E-state index is 13.7. The molecular weight excluding hydrogens is 568 g/mol. The van der Waals surface area contributed by atoms with E-state index in [9.17, 15) is 22.8 Å². The summed E-state index contributed by atoms with van der Waals surface area (Å²) in [6.07, 6.45) is -2.01. The number of carbonyl (C=O) groups excluding carboxylic acids is 2. The first-order valence-corrected chi connectivity index (χ1v) is 11.5. The minimum atomic E-state index is -4.61. The second-order valence-electron chi connectivity index (χ2n) is 7.02. The van der Waals surface area contributed by atoms with Crippen LogP contribution in [0, 0.1) is 0 Å². The van der Waals surface area contributed by atoms with Gasteiger partial charge in [-0.1, -0.05) is 59.9 Å². The number of halogens is 7. The van der Waals surface area contributed by atoms with Crippen molar-refractivity contribution in [1.29, 1.82) is 0 Å². The van der Waals surface area contributed by atoms with E-state index in [1.807, 2.05) is 0 Å². The third kappa shape index (κ3) is 7.20. The van der Waals surface area contributed by atoms with Crippen molar-refractivity contribution in [3.8, 4) is 0 Å². The summed E-state index contributed by atoms with van der Waals surface area (Å²) in [6, 6.07) is 5.93. The summed E-state index contributed by atoms with van der Waals surface area (Å²) in [6.45, 7) is 1.54. The number of hydrogen-bond acceptors (Lipinski definition) is 3. The average Bonchev–Trinajstić information content (AvgIpc) is 2.74. The molecule has 2 rings (SSSR count). The second kappa shape index (κ2) is 11.7. The lowest BCUT2D eigenvalue weighted by Crippen LogP contribution is -2.43. The smallest absolute Gasteiger partial charge is 0.342 e. The number of carbonyl (C=O) groups is 2. The number of nitrogens with one attached hydrogen (secondary N) is 1. The van der Waals surface area contributed by atoms with Crippen LogP contribution in [-0.2, 0) is 4.79 Å². The average molecular weight is 587 g/mol. The minimum absolute atomic E-state index is 0.0248. The standard InChI is InChI=1S/C22H19BrCl3F3N2O2/c1-2-18(19(32)10-30)31-21(33)13-5-3-11(7-15(13)23)4-6-14(22(27,28)29)12-8-16(24)20(26)17(25)9-12/h3-9,14,18H,2,10,30H2,1H3,(H,31,33)/b6-4+. The second-order valence-corrected chi connectivity index (χ2v) is 9.07. The summed E-state index contributed by atoms with van der Waals surface area (Å²) < 4.78 is 41.5. The number of amides is 1. The van der Waals surface area contributed by atoms with E-state index in [1.54, 1.807) is 6.92 Å². The van der Waals surface area contributed by atoms with Gasteiger partial charge in [0.1, 0.15) is 0 Å². The highest BCUT2D eigenvalue weighted by Gasteiger charge is 2.39. The molecule has 1 amide bonds. The summed E-state index contributed by atoms with van der Waals surface area (Å²) in [7, 11) is 0. The maximum Gasteiger partial charge on any atom is 0.399 e. The summed E-state index contributed by atoms with van der Waals surface area (Å²) in [5, 5.41) is 2.41. The Morgan fingerprint density at radius 1 is 1.15 bits per heavy atom. The molecule has 3 N–H and O–H groups in total. The topological polar surface area (TPSA) is 72.2 Å². The van der Waals surface area contributed by atoms with Crippen molar-refractivity contribution in [1.82, 2.24) is 5.32 Å². The Bertz CT molecular complexity index is 1050. The van der Waals surface area contributed by atoms with Gasteiger partial charge in [0.15, 0.2) is 5.78 Å². The van der Waals surface area contributed by atoms with Crippen LogP contribution in [0.4, 0.5) is 13.2 Å². The highest BCUT2D eigenvalue weighted by Crippen LogP contribution is 2.41. The van der Waals surface area contributed by atoms with Crippen LogP contribution in [0.2, 0.25) is 15.1 Å². The first-order valence-electron chi connectivity index (χ1n) is 9.61. The maximum absolute atomic E-state index is 13.7. The van der Waals surface area contributed by atoms with Gasteiger partial charge in [0.2, 0.25) is 0 Å². The lowest BCUT2D eigenvalue weighted by molar-refractivity contribution is -0.139. The van der Waals surface area contributed by atoms with Crippen molar-refractivity contribution in [3.63, 3.8) is 0 Å². The van der Waals surface area contributed by atoms with E-state index in [4.69, 9.17) is 40.5 Å². The van der Waals surface area contributed by atoms with Crippen LogP contribution in [0.5, 0.6) is 0 Å². The van der Waals surface area contributed by atoms with Crippen molar-refractivity contribution < 1.29 is 22.8 Å². The predicted molar refractivity (Wildman–Crippen MR) is 129 cm³/mol. The lowest BCUT2D eigenvalue weighted by atomic mass is 9.97. The molecule has 0 aliphatic carbocycles. The quantitative estimate of drug-likeness (QED) is 0.334. The fraction of sp³-hybridized carbons (Fsp3) is 0.273. The van der Waals surface area contributed by atoms with E-state index >= 15 is 0 Å². The van der Waals surface area contributed by atoms with Gasteiger partial charge in [0.05, 0.1) is 39.1 Å². The molecule has 4 nitrogen and oxygen atoms in total. The molecule has 2 aromatic carbocycles. The van der Waals surface area contributed by atoms with Crippen LogP contribution in [0.1, 0.15) is 40.7 Å². The number of allylic oxidation sites excluding steroid dienone is 1. The number of rotatable bonds is 8. The summed E-state index contributed by atoms with van der Waals surface area (Å²) in [4.78, 5) is 24.3. The Hall–Kier alpha value is -1.58. The Kier molecular flexibility index (Phi) is 9.82. The van der Waals surface area contributed by atoms with Crippen molar-refractivity contribution in [2.24, 2.45) is 5.73 Å². The van der Waals surface area contributed by atoms with E-state index < -0.39 is 24.0 Å². The van der Waals surface area contributed by atoms with Crippen LogP contribution >= 0.6 is 50.7 Å². The summed E-state index contributed by atoms with van der Waals surface area (Å²) in [5.74, 6) is -2.80. The van der Waals surface area contributed by atoms with Crippen LogP contribution in [0.3, 0.4) is 0 Å². The molecule has 0 bridgehead atoms. The van der Waals surface area contributed by atoms with Crippen LogP contribution in [-0.4, -0.2) is 30.5 Å². The highest BCUT2D eigenvalue weighted by molar-refractivity contribution is 9.10. The lowest BCUT2D eigenvalue weighted by Gasteiger charge is -2.18. The number of benzene rings is 2. The van der Waals surface area contributed by atoms with E-state index in [-0.39, 0.29) is 38.5 Å². The first-order chi connectivity index (χ1) is 15.4. The van der Waals surface area contributed by atoms with Gasteiger partial charge in [0, 0.05) is 4.47 Å². The SMILES string of the molecule is CCC(NC(=O)c1ccc(/C=C/C(c2cc(Cl)c(Cl)c(Cl)c2)C(F)(F)F)cc1Br)C(=O)CN. The van der Waals surface area contributed by atoms with Crippen molar-refractivity contribution in [3.05, 3.63) is 72.6 Å². The number of ketones is 1. The van der Waals surface area contributed by atoms with Crippen molar-refractivity contribution in [2.45, 2.75) is 31.5 Å². The van der Waals surface area contributed by atoms with E-state index in [1.165, 1.54) is 24.3 Å². The molecular formula is C22H19BrCl3F3N2O2. The molecule has 0 fully saturated rings. The summed E-state index contributed by atoms with van der Waals surface area (Å²) in [5.41, 5.74) is 5.81. The monoisotopic (exact) mass is 584 g/mol. The van der Waals surface area contributed by atoms with Gasteiger partial charge >= 0.3 is 6.18 Å². The van der Waals surface area contributed by atoms with Gasteiger partial charge in [-0.15, -0.1) is 0 Å². The zero-order chi connectivity index (χ0) is 24.9. The molecule has 2 aromatic rings. The molecule has 178 valence electrons. The van der Waals surface area contributed by atoms with E-state index in [2.05, 4.69) is 21.2 Å². The fourth-order valence-corrected chi connectivity index (χ4v) is 4.17. The molecule has 33 heavy (non-hydrogen) atoms. The van der Waals surface area contributed by atoms with E-state index in [0.29, 0.717) is 16.5 Å². The Morgan fingerprint density at radius 2 is 1.76 bits per heavy atom. The molecule has 0 saturated heterocycles. The third-order valence-corrected chi connectivity index (χ3v) is 6.59. The number of nitrogens with two attached hydrogens (primary N) is 1. The molecule has 0 heterocycles. The largest absolute Gasteiger partial charge is 0.399 e. The number of hydrogen-bond donors (Lipinski definition) is 2. The highest BCUT2D eigenvalue weighted by atomic mass is 79.9. The predicted octanol–water partition coefficient (Wildman–Crippen LogP) is 6.80. The van der Waals surface area contributed by atoms with Crippen molar-refractivity contribution in [2.75, 3.05) is 6.54 Å². The number of alkyl halides is 3. The Morgan fingerprint density at radius 3 is 2.24 bits per heavy atom. The number of Topliss-reactive ketones (excluding diaryl/α,β-unsaturated/α-hetero) is 1. The fourth-order valence-electron chi connectivity index (χ4n) is 2.98. The molecule has 0 radical (unpaired) electrons. The Balaban J connectivity index is 2.30. The molecule has 0 aromatic heterocycles. The van der Waals surface area contributed by atoms with E-state index in [0.717, 1.165) is 18.2 Å². The molecule has 2 atom stereocenters. The van der Waals surface area contributed by atoms with Gasteiger partial charge < -0.3 is 11.1 Å². The van der Waals surface area contributed by atoms with Crippen molar-refractivity contribution >= 4 is 68.5 Å². The molecule has 0 aliphatic rings. The van der Waals surface area contributed by atoms with Gasteiger partial charge in [-0.2, -0.15) is 13.2 Å². The molecule has 11 heteroatoms. The third-order valence-electron chi connectivity index (χ3n) is 4.74. The molecule has 0 spiro atoms. The zero-order valence-electron chi connectivity index (χ0n) is 17.1. The van der Waals surface area contributed by atoms with Crippen LogP contribution in [0.25, 0.3) is 6.08 Å². The normalized spacial score (nSPS) is 13.7. The van der Waals surface area contributed by atoms with Gasteiger partial charge in [-0.05, 0) is 57.7 Å². The molecule has 2 unspecified atom stereocenters. The molecule has 0 aliphatic heterocycles. The molecule has 0 saturated carbocycles. The van der Waals surface area contributed by atoms with Gasteiger partial charge in [-0.3, -0.25) is 9.59 Å². The summed E-state index contributed by atoms with van der Waals surface area (Å²) >= 11 is 20.9.